The Morgan fingerprint density at radius 1 is 0.660 bits per heavy atom. The smallest absolute Gasteiger partial charge is 1.00 e. The first kappa shape index (κ1) is 42.8. The molecule has 0 aliphatic heterocycles. The van der Waals surface area contributed by atoms with Crippen LogP contribution in [0.5, 0.6) is 0 Å². The first-order valence-electron chi connectivity index (χ1n) is 18.6. The first-order valence-corrected chi connectivity index (χ1v) is 19.8. The Kier molecular flexibility index (Phi) is 13.2. The Hall–Kier alpha value is -2.96. The number of allylic oxidation sites excluding steroid dienone is 8. The molecule has 8 rings (SSSR count). The zero-order valence-electron chi connectivity index (χ0n) is 33.6. The van der Waals surface area contributed by atoms with Gasteiger partial charge in [-0.3, -0.25) is 6.08 Å². The molecule has 274 valence electrons. The first-order chi connectivity index (χ1) is 23.9. The van der Waals surface area contributed by atoms with Crippen LogP contribution in [0.2, 0.25) is 0 Å². The Morgan fingerprint density at radius 3 is 1.38 bits per heavy atom. The molecule has 0 spiro atoms. The maximum absolute atomic E-state index is 3.37. The van der Waals surface area contributed by atoms with E-state index in [9.17, 15) is 0 Å². The molecule has 0 saturated carbocycles. The molecule has 0 fully saturated rings. The number of rotatable bonds is 3. The molecule has 1 atom stereocenters. The third kappa shape index (κ3) is 8.80. The van der Waals surface area contributed by atoms with Gasteiger partial charge in [0.1, 0.15) is 0 Å². The molecule has 0 aromatic heterocycles. The molecular formula is C50H54Cl2Zr-2. The Balaban J connectivity index is 0.000000194. The van der Waals surface area contributed by atoms with Crippen molar-refractivity contribution in [3.8, 4) is 0 Å². The topological polar surface area (TPSA) is 0 Å². The molecule has 0 heterocycles. The van der Waals surface area contributed by atoms with Crippen LogP contribution in [0.3, 0.4) is 0 Å². The molecule has 3 aliphatic carbocycles. The van der Waals surface area contributed by atoms with Crippen LogP contribution in [0.15, 0.2) is 108 Å². The van der Waals surface area contributed by atoms with Gasteiger partial charge in [0.15, 0.2) is 0 Å². The second-order valence-electron chi connectivity index (χ2n) is 16.7. The molecule has 5 aromatic carbocycles. The van der Waals surface area contributed by atoms with Crippen molar-refractivity contribution >= 4 is 35.9 Å². The SMILES string of the molecule is CC1=CC(C)(C)c2cc3[cH-]c4cc5c(cc4c3cc21)C(C)=CC5(C)C.CC1=[C-]C(C)C=C1C(C)C.Cc1ccc([C](=[Zr+2])c2ccc(C)cc2)cc1.[Cl-].[Cl-]. The maximum atomic E-state index is 3.37. The van der Waals surface area contributed by atoms with Gasteiger partial charge < -0.3 is 24.8 Å². The normalized spacial score (nSPS) is 17.2. The van der Waals surface area contributed by atoms with Gasteiger partial charge >= 0.3 is 112 Å². The van der Waals surface area contributed by atoms with Crippen molar-refractivity contribution < 1.29 is 49.0 Å². The van der Waals surface area contributed by atoms with Gasteiger partial charge in [-0.25, -0.2) is 5.57 Å². The monoisotopic (exact) mass is 814 g/mol. The fourth-order valence-electron chi connectivity index (χ4n) is 8.31. The molecule has 1 unspecified atom stereocenters. The molecule has 0 N–H and O–H groups in total. The minimum Gasteiger partial charge on any atom is -1.00 e. The van der Waals surface area contributed by atoms with Crippen LogP contribution < -0.4 is 24.8 Å². The van der Waals surface area contributed by atoms with E-state index in [1.54, 1.807) is 0 Å². The van der Waals surface area contributed by atoms with Crippen molar-refractivity contribution in [2.24, 2.45) is 11.8 Å². The van der Waals surface area contributed by atoms with Crippen LogP contribution in [0.1, 0.15) is 114 Å². The summed E-state index contributed by atoms with van der Waals surface area (Å²) in [4.78, 5) is 0. The average molecular weight is 817 g/mol. The van der Waals surface area contributed by atoms with Crippen LogP contribution in [0.4, 0.5) is 0 Å². The molecule has 3 aliphatic rings. The van der Waals surface area contributed by atoms with Crippen molar-refractivity contribution in [2.45, 2.75) is 93.9 Å². The summed E-state index contributed by atoms with van der Waals surface area (Å²) in [7, 11) is 0. The van der Waals surface area contributed by atoms with E-state index in [0.717, 1.165) is 0 Å². The zero-order valence-corrected chi connectivity index (χ0v) is 37.6. The fourth-order valence-corrected chi connectivity index (χ4v) is 9.13. The standard InChI is InChI=1S/C25H25.C15H14.C10H15.2ClH.Zr/c1-14-12-24(3,4)22-8-16-7-17-9-23-19(15(2)13-25(23,5)6)11-21(17)20(16)10-18(14)22;1-12-3-7-14(8-4-12)11-15-9-5-13(2)6-10-15;1-7(2)10-6-8(3)5-9(10)4;;;/h7-13H,1-6H3;3-10H,1-2H3;6-8H,1-4H3;2*1H;/q-1;;-1;;;+2/p-2. The van der Waals surface area contributed by atoms with Gasteiger partial charge in [-0.05, 0) is 36.1 Å². The summed E-state index contributed by atoms with van der Waals surface area (Å²) in [6, 6.07) is 29.6. The van der Waals surface area contributed by atoms with Gasteiger partial charge in [0.05, 0.1) is 0 Å². The molecule has 0 nitrogen and oxygen atoms in total. The van der Waals surface area contributed by atoms with E-state index in [1.807, 2.05) is 0 Å². The van der Waals surface area contributed by atoms with E-state index in [1.165, 1.54) is 116 Å². The largest absolute Gasteiger partial charge is 1.00 e. The van der Waals surface area contributed by atoms with Crippen molar-refractivity contribution in [3.05, 3.63) is 159 Å². The molecule has 3 heteroatoms. The van der Waals surface area contributed by atoms with E-state index < -0.39 is 0 Å². The maximum Gasteiger partial charge on any atom is -1.00 e. The Labute approximate surface area is 347 Å². The molecule has 0 saturated heterocycles. The van der Waals surface area contributed by atoms with Crippen molar-refractivity contribution in [3.63, 3.8) is 0 Å². The average Bonchev–Trinajstić information content (AvgIpc) is 3.74. The molecule has 0 amide bonds. The third-order valence-corrected chi connectivity index (χ3v) is 12.4. The van der Waals surface area contributed by atoms with Gasteiger partial charge in [-0.2, -0.15) is 11.6 Å². The van der Waals surface area contributed by atoms with Gasteiger partial charge in [-0.1, -0.05) is 103 Å². The number of halogens is 2. The van der Waals surface area contributed by atoms with E-state index in [-0.39, 0.29) is 35.6 Å². The zero-order chi connectivity index (χ0) is 37.0. The molecule has 53 heavy (non-hydrogen) atoms. The van der Waals surface area contributed by atoms with E-state index in [4.69, 9.17) is 0 Å². The van der Waals surface area contributed by atoms with Gasteiger partial charge in [0, 0.05) is 10.8 Å². The summed E-state index contributed by atoms with van der Waals surface area (Å²) in [5.74, 6) is 1.20. The van der Waals surface area contributed by atoms with Crippen molar-refractivity contribution in [2.75, 3.05) is 0 Å². The van der Waals surface area contributed by atoms with E-state index in [0.29, 0.717) is 11.8 Å². The molecular weight excluding hydrogens is 763 g/mol. The minimum atomic E-state index is 0. The van der Waals surface area contributed by atoms with E-state index >= 15 is 0 Å². The quantitative estimate of drug-likeness (QED) is 0.166. The second-order valence-corrected chi connectivity index (χ2v) is 17.9. The third-order valence-electron chi connectivity index (χ3n) is 11.0. The summed E-state index contributed by atoms with van der Waals surface area (Å²) in [6.07, 6.45) is 10.5. The Bertz CT molecular complexity index is 2140. The summed E-state index contributed by atoms with van der Waals surface area (Å²) >= 11 is 1.46. The molecule has 0 bridgehead atoms. The Morgan fingerprint density at radius 2 is 1.06 bits per heavy atom. The molecule has 0 radical (unpaired) electrons. The minimum absolute atomic E-state index is 0. The van der Waals surface area contributed by atoms with E-state index in [2.05, 4.69) is 186 Å². The predicted molar refractivity (Wildman–Crippen MR) is 220 cm³/mol. The predicted octanol–water partition coefficient (Wildman–Crippen LogP) is 7.50. The number of aryl methyl sites for hydroxylation is 2. The van der Waals surface area contributed by atoms with Crippen LogP contribution >= 0.6 is 0 Å². The number of fused-ring (bicyclic) bond motifs is 5. The van der Waals surface area contributed by atoms with Gasteiger partial charge in [-0.15, -0.1) is 39.7 Å². The number of hydrogen-bond donors (Lipinski definition) is 0. The number of benzene rings is 4. The van der Waals surface area contributed by atoms with Crippen LogP contribution in [-0.4, -0.2) is 3.21 Å². The second kappa shape index (κ2) is 16.4. The van der Waals surface area contributed by atoms with Crippen LogP contribution in [0, 0.1) is 31.8 Å². The number of hydrogen-bond acceptors (Lipinski definition) is 0. The summed E-state index contributed by atoms with van der Waals surface area (Å²) in [5, 5.41) is 5.57. The van der Waals surface area contributed by atoms with Crippen LogP contribution in [-0.2, 0) is 35.1 Å². The van der Waals surface area contributed by atoms with Gasteiger partial charge in [0.25, 0.3) is 0 Å². The fraction of sp³-hybridized carbons (Fsp3) is 0.320. The summed E-state index contributed by atoms with van der Waals surface area (Å²) in [6.45, 7) is 26.8. The molecule has 5 aromatic rings. The van der Waals surface area contributed by atoms with Crippen LogP contribution in [0.25, 0.3) is 32.7 Å². The van der Waals surface area contributed by atoms with Crippen molar-refractivity contribution in [1.82, 2.24) is 0 Å². The summed E-state index contributed by atoms with van der Waals surface area (Å²) < 4.78 is 1.42. The summed E-state index contributed by atoms with van der Waals surface area (Å²) in [5.41, 5.74) is 17.0. The van der Waals surface area contributed by atoms with Crippen molar-refractivity contribution in [1.29, 1.82) is 0 Å². The van der Waals surface area contributed by atoms with Gasteiger partial charge in [0.2, 0.25) is 0 Å².